The first-order chi connectivity index (χ1) is 6.38. The zero-order chi connectivity index (χ0) is 9.52. The average molecular weight is 173 g/mol. The van der Waals surface area contributed by atoms with Gasteiger partial charge in [0.2, 0.25) is 0 Å². The largest absolute Gasteiger partial charge is 0.309 e. The van der Waals surface area contributed by atoms with Gasteiger partial charge in [-0.15, -0.1) is 0 Å². The summed E-state index contributed by atoms with van der Waals surface area (Å²) in [6.45, 7) is 0.632. The second kappa shape index (κ2) is 5.13. The van der Waals surface area contributed by atoms with E-state index >= 15 is 0 Å². The molecular weight excluding hydrogens is 162 g/mol. The van der Waals surface area contributed by atoms with E-state index in [1.54, 1.807) is 6.07 Å². The molecule has 0 fully saturated rings. The molecule has 0 bridgehead atoms. The van der Waals surface area contributed by atoms with Crippen LogP contribution < -0.4 is 5.32 Å². The molecule has 1 rings (SSSR count). The minimum atomic E-state index is 0.632. The Morgan fingerprint density at radius 2 is 2.23 bits per heavy atom. The lowest BCUT2D eigenvalue weighted by Crippen LogP contribution is -2.04. The molecule has 2 heteroatoms. The van der Waals surface area contributed by atoms with Gasteiger partial charge in [-0.1, -0.05) is 30.0 Å². The Bertz CT molecular complexity index is 347. The van der Waals surface area contributed by atoms with Crippen molar-refractivity contribution in [2.75, 3.05) is 13.6 Å². The molecule has 0 spiro atoms. The summed E-state index contributed by atoms with van der Waals surface area (Å²) in [6, 6.07) is 7.30. The highest BCUT2D eigenvalue weighted by molar-refractivity contribution is 5.79. The van der Waals surface area contributed by atoms with Gasteiger partial charge in [0.05, 0.1) is 6.54 Å². The molecule has 1 aromatic rings. The second-order valence-electron chi connectivity index (χ2n) is 2.54. The highest BCUT2D eigenvalue weighted by atomic mass is 16.1. The van der Waals surface area contributed by atoms with E-state index in [2.05, 4.69) is 17.2 Å². The van der Waals surface area contributed by atoms with E-state index in [-0.39, 0.29) is 0 Å². The number of rotatable bonds is 2. The summed E-state index contributed by atoms with van der Waals surface area (Å²) >= 11 is 0. The molecule has 0 aliphatic rings. The van der Waals surface area contributed by atoms with Crippen LogP contribution in [0.2, 0.25) is 0 Å². The second-order valence-corrected chi connectivity index (χ2v) is 2.54. The summed E-state index contributed by atoms with van der Waals surface area (Å²) in [5.41, 5.74) is 1.43. The van der Waals surface area contributed by atoms with Gasteiger partial charge in [0.1, 0.15) is 0 Å². The molecule has 0 aliphatic heterocycles. The van der Waals surface area contributed by atoms with E-state index < -0.39 is 0 Å². The van der Waals surface area contributed by atoms with E-state index in [4.69, 9.17) is 0 Å². The Labute approximate surface area is 78.0 Å². The van der Waals surface area contributed by atoms with Crippen molar-refractivity contribution in [1.82, 2.24) is 5.32 Å². The van der Waals surface area contributed by atoms with Crippen LogP contribution in [-0.4, -0.2) is 19.9 Å². The third-order valence-electron chi connectivity index (χ3n) is 1.58. The van der Waals surface area contributed by atoms with Crippen molar-refractivity contribution in [2.24, 2.45) is 0 Å². The zero-order valence-electron chi connectivity index (χ0n) is 7.50. The first-order valence-electron chi connectivity index (χ1n) is 4.06. The molecule has 0 saturated carbocycles. The Morgan fingerprint density at radius 3 is 2.92 bits per heavy atom. The Kier molecular flexibility index (Phi) is 3.74. The van der Waals surface area contributed by atoms with Gasteiger partial charge in [0, 0.05) is 11.1 Å². The van der Waals surface area contributed by atoms with Crippen molar-refractivity contribution in [3.05, 3.63) is 35.4 Å². The molecule has 0 aliphatic carbocycles. The first-order valence-corrected chi connectivity index (χ1v) is 4.06. The van der Waals surface area contributed by atoms with Gasteiger partial charge < -0.3 is 5.32 Å². The lowest BCUT2D eigenvalue weighted by molar-refractivity contribution is 0.112. The van der Waals surface area contributed by atoms with Crippen molar-refractivity contribution in [1.29, 1.82) is 0 Å². The van der Waals surface area contributed by atoms with Crippen molar-refractivity contribution in [2.45, 2.75) is 0 Å². The van der Waals surface area contributed by atoms with E-state index in [1.807, 2.05) is 25.2 Å². The molecule has 0 unspecified atom stereocenters. The number of hydrogen-bond acceptors (Lipinski definition) is 2. The summed E-state index contributed by atoms with van der Waals surface area (Å²) in [5.74, 6) is 5.83. The van der Waals surface area contributed by atoms with Crippen LogP contribution in [0.1, 0.15) is 15.9 Å². The molecule has 0 aromatic heterocycles. The normalized spacial score (nSPS) is 8.69. The summed E-state index contributed by atoms with van der Waals surface area (Å²) in [6.07, 6.45) is 0.823. The van der Waals surface area contributed by atoms with Gasteiger partial charge in [0.15, 0.2) is 6.29 Å². The highest BCUT2D eigenvalue weighted by Gasteiger charge is 1.94. The van der Waals surface area contributed by atoms with Crippen molar-refractivity contribution in [3.63, 3.8) is 0 Å². The molecule has 0 atom stereocenters. The molecule has 66 valence electrons. The minimum Gasteiger partial charge on any atom is -0.309 e. The molecule has 0 radical (unpaired) electrons. The zero-order valence-corrected chi connectivity index (χ0v) is 7.50. The van der Waals surface area contributed by atoms with Gasteiger partial charge >= 0.3 is 0 Å². The Hall–Kier alpha value is -1.59. The van der Waals surface area contributed by atoms with Crippen molar-refractivity contribution < 1.29 is 4.79 Å². The highest BCUT2D eigenvalue weighted by Crippen LogP contribution is 2.03. The van der Waals surface area contributed by atoms with Gasteiger partial charge in [-0.25, -0.2) is 0 Å². The van der Waals surface area contributed by atoms with Crippen LogP contribution in [0.25, 0.3) is 0 Å². The predicted octanol–water partition coefficient (Wildman–Crippen LogP) is 1.07. The summed E-state index contributed by atoms with van der Waals surface area (Å²) in [5, 5.41) is 2.91. The molecule has 0 heterocycles. The summed E-state index contributed by atoms with van der Waals surface area (Å²) in [4.78, 5) is 10.6. The third-order valence-corrected chi connectivity index (χ3v) is 1.58. The molecule has 0 saturated heterocycles. The lowest BCUT2D eigenvalue weighted by Gasteiger charge is -1.93. The standard InChI is InChI=1S/C11H11NO/c1-12-8-4-7-10-5-2-3-6-11(10)9-13/h2-3,5-6,9,12H,8H2,1H3. The maximum Gasteiger partial charge on any atom is 0.151 e. The van der Waals surface area contributed by atoms with Crippen LogP contribution in [-0.2, 0) is 0 Å². The van der Waals surface area contributed by atoms with E-state index in [0.717, 1.165) is 11.8 Å². The van der Waals surface area contributed by atoms with Crippen LogP contribution in [0, 0.1) is 11.8 Å². The van der Waals surface area contributed by atoms with Crippen LogP contribution >= 0.6 is 0 Å². The van der Waals surface area contributed by atoms with Crippen LogP contribution in [0.5, 0.6) is 0 Å². The Morgan fingerprint density at radius 1 is 1.46 bits per heavy atom. The third kappa shape index (κ3) is 2.73. The van der Waals surface area contributed by atoms with Gasteiger partial charge in [-0.3, -0.25) is 4.79 Å². The quantitative estimate of drug-likeness (QED) is 0.535. The van der Waals surface area contributed by atoms with E-state index in [9.17, 15) is 4.79 Å². The van der Waals surface area contributed by atoms with Crippen molar-refractivity contribution in [3.8, 4) is 11.8 Å². The molecule has 2 nitrogen and oxygen atoms in total. The number of aldehydes is 1. The van der Waals surface area contributed by atoms with Crippen molar-refractivity contribution >= 4 is 6.29 Å². The molecule has 13 heavy (non-hydrogen) atoms. The fraction of sp³-hybridized carbons (Fsp3) is 0.182. The molecule has 1 N–H and O–H groups in total. The lowest BCUT2D eigenvalue weighted by atomic mass is 10.1. The van der Waals surface area contributed by atoms with Crippen LogP contribution in [0.4, 0.5) is 0 Å². The monoisotopic (exact) mass is 173 g/mol. The van der Waals surface area contributed by atoms with Crippen LogP contribution in [0.3, 0.4) is 0 Å². The van der Waals surface area contributed by atoms with Gasteiger partial charge in [0.25, 0.3) is 0 Å². The molecule has 1 aromatic carbocycles. The predicted molar refractivity (Wildman–Crippen MR) is 52.6 cm³/mol. The fourth-order valence-corrected chi connectivity index (χ4v) is 0.941. The number of nitrogens with one attached hydrogen (secondary N) is 1. The van der Waals surface area contributed by atoms with E-state index in [0.29, 0.717) is 12.1 Å². The SMILES string of the molecule is CNCC#Cc1ccccc1C=O. The topological polar surface area (TPSA) is 29.1 Å². The van der Waals surface area contributed by atoms with E-state index in [1.165, 1.54) is 0 Å². The number of carbonyl (C=O) groups is 1. The minimum absolute atomic E-state index is 0.632. The number of benzene rings is 1. The first kappa shape index (κ1) is 9.50. The maximum absolute atomic E-state index is 10.6. The van der Waals surface area contributed by atoms with Crippen LogP contribution in [0.15, 0.2) is 24.3 Å². The molecular formula is C11H11NO. The van der Waals surface area contributed by atoms with Gasteiger partial charge in [-0.2, -0.15) is 0 Å². The summed E-state index contributed by atoms with van der Waals surface area (Å²) in [7, 11) is 1.83. The number of hydrogen-bond donors (Lipinski definition) is 1. The number of carbonyl (C=O) groups excluding carboxylic acids is 1. The molecule has 0 amide bonds. The Balaban J connectivity index is 2.88. The average Bonchev–Trinajstić information content (AvgIpc) is 2.19. The fourth-order valence-electron chi connectivity index (χ4n) is 0.941. The van der Waals surface area contributed by atoms with Gasteiger partial charge in [-0.05, 0) is 13.1 Å². The maximum atomic E-state index is 10.6. The summed E-state index contributed by atoms with van der Waals surface area (Å²) < 4.78 is 0. The smallest absolute Gasteiger partial charge is 0.151 e.